The average Bonchev–Trinajstić information content (AvgIpc) is 3.38. The molecule has 0 bridgehead atoms. The molecule has 0 aromatic carbocycles. The fourth-order valence-electron chi connectivity index (χ4n) is 3.25. The first-order valence-electron chi connectivity index (χ1n) is 8.92. The number of hydrogen-bond acceptors (Lipinski definition) is 7. The lowest BCUT2D eigenvalue weighted by atomic mass is 9.97. The molecule has 27 heavy (non-hydrogen) atoms. The lowest BCUT2D eigenvalue weighted by molar-refractivity contribution is 0.0942. The van der Waals surface area contributed by atoms with Gasteiger partial charge in [0.15, 0.2) is 0 Å². The van der Waals surface area contributed by atoms with E-state index in [1.807, 2.05) is 18.2 Å². The largest absolute Gasteiger partial charge is 0.365 e. The highest BCUT2D eigenvalue weighted by Gasteiger charge is 2.23. The Morgan fingerprint density at radius 3 is 3.07 bits per heavy atom. The zero-order chi connectivity index (χ0) is 18.6. The number of anilines is 1. The predicted octanol–water partition coefficient (Wildman–Crippen LogP) is 4.21. The second-order valence-corrected chi connectivity index (χ2v) is 9.00. The van der Waals surface area contributed by atoms with Crippen molar-refractivity contribution in [2.75, 3.05) is 18.4 Å². The van der Waals surface area contributed by atoms with Gasteiger partial charge in [-0.25, -0.2) is 4.98 Å². The van der Waals surface area contributed by atoms with Gasteiger partial charge in [0.2, 0.25) is 0 Å². The van der Waals surface area contributed by atoms with E-state index < -0.39 is 0 Å². The van der Waals surface area contributed by atoms with Gasteiger partial charge >= 0.3 is 0 Å². The van der Waals surface area contributed by atoms with Crippen LogP contribution in [0, 0.1) is 0 Å². The molecular weight excluding hydrogens is 402 g/mol. The number of rotatable bonds is 5. The summed E-state index contributed by atoms with van der Waals surface area (Å²) in [4.78, 5) is 18.1. The number of halogens is 1. The van der Waals surface area contributed by atoms with Crippen LogP contribution in [-0.4, -0.2) is 33.8 Å². The van der Waals surface area contributed by atoms with Crippen LogP contribution >= 0.6 is 34.3 Å². The molecule has 0 aliphatic carbocycles. The first-order chi connectivity index (χ1) is 13.2. The summed E-state index contributed by atoms with van der Waals surface area (Å²) in [6.07, 6.45) is 3.23. The number of carbonyl (C=O) groups is 1. The maximum absolute atomic E-state index is 12.9. The van der Waals surface area contributed by atoms with Crippen LogP contribution in [0.4, 0.5) is 5.82 Å². The number of thiophene rings is 1. The molecule has 1 fully saturated rings. The van der Waals surface area contributed by atoms with E-state index in [0.29, 0.717) is 24.0 Å². The molecule has 1 aliphatic rings. The third kappa shape index (κ3) is 4.40. The topological polar surface area (TPSA) is 71.8 Å². The van der Waals surface area contributed by atoms with Gasteiger partial charge in [-0.15, -0.1) is 22.7 Å². The lowest BCUT2D eigenvalue weighted by Gasteiger charge is -2.09. The SMILES string of the molecule is O=C(c1cscn1)n1nc(C2CCCNCC2)cc1NCc1ccc(Cl)s1. The van der Waals surface area contributed by atoms with Crippen molar-refractivity contribution in [2.24, 2.45) is 0 Å². The molecule has 2 N–H and O–H groups in total. The van der Waals surface area contributed by atoms with Crippen LogP contribution in [0.5, 0.6) is 0 Å². The van der Waals surface area contributed by atoms with Gasteiger partial charge in [-0.05, 0) is 44.5 Å². The number of carbonyl (C=O) groups excluding carboxylic acids is 1. The quantitative estimate of drug-likeness (QED) is 0.645. The van der Waals surface area contributed by atoms with Gasteiger partial charge in [-0.2, -0.15) is 9.78 Å². The zero-order valence-corrected chi connectivity index (χ0v) is 17.0. The van der Waals surface area contributed by atoms with Crippen molar-refractivity contribution in [1.29, 1.82) is 0 Å². The Morgan fingerprint density at radius 2 is 2.30 bits per heavy atom. The molecule has 6 nitrogen and oxygen atoms in total. The Bertz CT molecular complexity index is 897. The van der Waals surface area contributed by atoms with E-state index in [2.05, 4.69) is 20.7 Å². The number of hydrogen-bond donors (Lipinski definition) is 2. The molecule has 4 heterocycles. The monoisotopic (exact) mass is 421 g/mol. The van der Waals surface area contributed by atoms with Crippen molar-refractivity contribution >= 4 is 46.0 Å². The van der Waals surface area contributed by atoms with Crippen LogP contribution in [0.2, 0.25) is 4.34 Å². The number of nitrogens with zero attached hydrogens (tertiary/aromatic N) is 3. The van der Waals surface area contributed by atoms with Crippen molar-refractivity contribution < 1.29 is 4.79 Å². The minimum absolute atomic E-state index is 0.207. The number of aromatic nitrogens is 3. The highest BCUT2D eigenvalue weighted by molar-refractivity contribution is 7.16. The van der Waals surface area contributed by atoms with E-state index >= 15 is 0 Å². The van der Waals surface area contributed by atoms with Crippen molar-refractivity contribution in [3.63, 3.8) is 0 Å². The van der Waals surface area contributed by atoms with Crippen LogP contribution in [-0.2, 0) is 6.54 Å². The Labute approximate surface area is 170 Å². The van der Waals surface area contributed by atoms with E-state index in [4.69, 9.17) is 11.6 Å². The minimum atomic E-state index is -0.207. The predicted molar refractivity (Wildman–Crippen MR) is 110 cm³/mol. The summed E-state index contributed by atoms with van der Waals surface area (Å²) < 4.78 is 2.21. The highest BCUT2D eigenvalue weighted by Crippen LogP contribution is 2.28. The van der Waals surface area contributed by atoms with Crippen molar-refractivity contribution in [3.05, 3.63) is 49.7 Å². The summed E-state index contributed by atoms with van der Waals surface area (Å²) in [5.74, 6) is 0.854. The van der Waals surface area contributed by atoms with Crippen LogP contribution < -0.4 is 10.6 Å². The average molecular weight is 422 g/mol. The van der Waals surface area contributed by atoms with E-state index in [0.717, 1.165) is 47.3 Å². The summed E-state index contributed by atoms with van der Waals surface area (Å²) in [5.41, 5.74) is 3.04. The van der Waals surface area contributed by atoms with Crippen molar-refractivity contribution in [1.82, 2.24) is 20.1 Å². The summed E-state index contributed by atoms with van der Waals surface area (Å²) in [5, 5.41) is 13.2. The molecular formula is C18H20ClN5OS2. The minimum Gasteiger partial charge on any atom is -0.365 e. The van der Waals surface area contributed by atoms with Crippen LogP contribution in [0.1, 0.15) is 46.2 Å². The van der Waals surface area contributed by atoms with E-state index in [1.165, 1.54) is 27.4 Å². The fourth-order valence-corrected chi connectivity index (χ4v) is 4.80. The molecule has 1 saturated heterocycles. The second kappa shape index (κ2) is 8.52. The molecule has 0 spiro atoms. The molecule has 0 amide bonds. The fraction of sp³-hybridized carbons (Fsp3) is 0.389. The molecule has 3 aromatic rings. The molecule has 1 atom stereocenters. The summed E-state index contributed by atoms with van der Waals surface area (Å²) in [6, 6.07) is 5.88. The lowest BCUT2D eigenvalue weighted by Crippen LogP contribution is -2.18. The van der Waals surface area contributed by atoms with E-state index in [9.17, 15) is 4.79 Å². The van der Waals surface area contributed by atoms with Gasteiger partial charge < -0.3 is 10.6 Å². The second-order valence-electron chi connectivity index (χ2n) is 6.48. The number of nitrogens with one attached hydrogen (secondary N) is 2. The summed E-state index contributed by atoms with van der Waals surface area (Å²) in [6.45, 7) is 2.62. The maximum Gasteiger partial charge on any atom is 0.299 e. The molecule has 142 valence electrons. The third-order valence-electron chi connectivity index (χ3n) is 4.64. The first-order valence-corrected chi connectivity index (χ1v) is 11.1. The standard InChI is InChI=1S/C18H20ClN5OS2/c19-16-4-3-13(27-16)9-21-17-8-14(12-2-1-6-20-7-5-12)23-24(17)18(25)15-10-26-11-22-15/h3-4,8,10-12,20-21H,1-2,5-7,9H2. The Hall–Kier alpha value is -1.74. The highest BCUT2D eigenvalue weighted by atomic mass is 35.5. The van der Waals surface area contributed by atoms with Crippen LogP contribution in [0.25, 0.3) is 0 Å². The first kappa shape index (κ1) is 18.6. The van der Waals surface area contributed by atoms with Gasteiger partial charge in [0.05, 0.1) is 22.1 Å². The maximum atomic E-state index is 12.9. The molecule has 1 aliphatic heterocycles. The van der Waals surface area contributed by atoms with Crippen molar-refractivity contribution in [3.8, 4) is 0 Å². The van der Waals surface area contributed by atoms with Gasteiger partial charge in [-0.1, -0.05) is 11.6 Å². The van der Waals surface area contributed by atoms with Crippen LogP contribution in [0.3, 0.4) is 0 Å². The van der Waals surface area contributed by atoms with E-state index in [-0.39, 0.29) is 5.91 Å². The van der Waals surface area contributed by atoms with Gasteiger partial charge in [-0.3, -0.25) is 4.79 Å². The van der Waals surface area contributed by atoms with Crippen LogP contribution in [0.15, 0.2) is 29.1 Å². The normalized spacial score (nSPS) is 17.6. The van der Waals surface area contributed by atoms with E-state index in [1.54, 1.807) is 10.9 Å². The van der Waals surface area contributed by atoms with Gasteiger partial charge in [0, 0.05) is 22.2 Å². The third-order valence-corrected chi connectivity index (χ3v) is 6.46. The zero-order valence-electron chi connectivity index (χ0n) is 14.7. The molecule has 4 rings (SSSR count). The summed E-state index contributed by atoms with van der Waals surface area (Å²) >= 11 is 8.95. The molecule has 9 heteroatoms. The summed E-state index contributed by atoms with van der Waals surface area (Å²) in [7, 11) is 0. The molecule has 0 radical (unpaired) electrons. The molecule has 0 saturated carbocycles. The Balaban J connectivity index is 1.60. The van der Waals surface area contributed by atoms with Gasteiger partial charge in [0.25, 0.3) is 5.91 Å². The van der Waals surface area contributed by atoms with Crippen molar-refractivity contribution in [2.45, 2.75) is 31.7 Å². The Kier molecular flexibility index (Phi) is 5.87. The van der Waals surface area contributed by atoms with Gasteiger partial charge in [0.1, 0.15) is 11.5 Å². The number of thiazole rings is 1. The Morgan fingerprint density at radius 1 is 1.37 bits per heavy atom. The smallest absolute Gasteiger partial charge is 0.299 e. The molecule has 1 unspecified atom stereocenters. The molecule has 3 aromatic heterocycles.